The molecular weight excluding hydrogens is 216 g/mol. The molecule has 3 rings (SSSR count). The zero-order valence-corrected chi connectivity index (χ0v) is 9.87. The highest BCUT2D eigenvalue weighted by Gasteiger charge is 2.26. The molecule has 2 aromatic rings. The van der Waals surface area contributed by atoms with E-state index in [4.69, 9.17) is 0 Å². The Kier molecular flexibility index (Phi) is 2.48. The molecule has 0 unspecified atom stereocenters. The maximum absolute atomic E-state index is 9.38. The largest absolute Gasteiger partial charge is 0.394 e. The SMILES string of the molecule is Cc1cc2c(N3CCC[C@@H]3CO)nccn2n1. The number of nitrogens with zero attached hydrogens (tertiary/aromatic N) is 4. The van der Waals surface area contributed by atoms with E-state index in [1.807, 2.05) is 23.7 Å². The van der Waals surface area contributed by atoms with Crippen LogP contribution >= 0.6 is 0 Å². The van der Waals surface area contributed by atoms with E-state index in [0.717, 1.165) is 36.4 Å². The third-order valence-electron chi connectivity index (χ3n) is 3.35. The number of rotatable bonds is 2. The maximum atomic E-state index is 9.38. The lowest BCUT2D eigenvalue weighted by Crippen LogP contribution is -2.33. The van der Waals surface area contributed by atoms with Crippen LogP contribution in [-0.2, 0) is 0 Å². The van der Waals surface area contributed by atoms with Crippen LogP contribution in [0.5, 0.6) is 0 Å². The van der Waals surface area contributed by atoms with Gasteiger partial charge in [-0.1, -0.05) is 0 Å². The van der Waals surface area contributed by atoms with Gasteiger partial charge in [0.25, 0.3) is 0 Å². The van der Waals surface area contributed by atoms with Gasteiger partial charge in [-0.2, -0.15) is 5.10 Å². The fourth-order valence-corrected chi connectivity index (χ4v) is 2.56. The lowest BCUT2D eigenvalue weighted by Gasteiger charge is -2.24. The first-order valence-electron chi connectivity index (χ1n) is 5.98. The molecule has 1 aliphatic rings. The molecule has 0 amide bonds. The third-order valence-corrected chi connectivity index (χ3v) is 3.35. The number of anilines is 1. The highest BCUT2D eigenvalue weighted by Crippen LogP contribution is 2.27. The quantitative estimate of drug-likeness (QED) is 0.839. The van der Waals surface area contributed by atoms with Crippen molar-refractivity contribution in [3.63, 3.8) is 0 Å². The second-order valence-electron chi connectivity index (χ2n) is 4.54. The lowest BCUT2D eigenvalue weighted by atomic mass is 10.2. The van der Waals surface area contributed by atoms with E-state index in [2.05, 4.69) is 15.0 Å². The van der Waals surface area contributed by atoms with Crippen LogP contribution in [0.15, 0.2) is 18.5 Å². The Hall–Kier alpha value is -1.62. The number of aliphatic hydroxyl groups excluding tert-OH is 1. The average Bonchev–Trinajstić information content (AvgIpc) is 2.92. The lowest BCUT2D eigenvalue weighted by molar-refractivity contribution is 0.266. The van der Waals surface area contributed by atoms with Gasteiger partial charge in [0.1, 0.15) is 5.52 Å². The molecule has 0 aliphatic carbocycles. The summed E-state index contributed by atoms with van der Waals surface area (Å²) in [5.41, 5.74) is 2.00. The molecule has 1 aliphatic heterocycles. The van der Waals surface area contributed by atoms with Crippen LogP contribution in [0, 0.1) is 6.92 Å². The summed E-state index contributed by atoms with van der Waals surface area (Å²) in [7, 11) is 0. The molecule has 1 N–H and O–H groups in total. The minimum Gasteiger partial charge on any atom is -0.394 e. The first kappa shape index (κ1) is 10.5. The highest BCUT2D eigenvalue weighted by molar-refractivity contribution is 5.69. The standard InChI is InChI=1S/C12H16N4O/c1-9-7-11-12(13-4-6-16(11)14-9)15-5-2-3-10(15)8-17/h4,6-7,10,17H,2-3,5,8H2,1H3/t10-/m1/s1. The molecule has 1 saturated heterocycles. The molecule has 0 spiro atoms. The third kappa shape index (κ3) is 1.67. The van der Waals surface area contributed by atoms with Gasteiger partial charge in [0.2, 0.25) is 0 Å². The summed E-state index contributed by atoms with van der Waals surface area (Å²) >= 11 is 0. The predicted octanol–water partition coefficient (Wildman–Crippen LogP) is 0.999. The van der Waals surface area contributed by atoms with Gasteiger partial charge < -0.3 is 10.0 Å². The summed E-state index contributed by atoms with van der Waals surface area (Å²) in [5, 5.41) is 13.8. The number of hydrogen-bond donors (Lipinski definition) is 1. The van der Waals surface area contributed by atoms with E-state index in [1.165, 1.54) is 0 Å². The predicted molar refractivity (Wildman–Crippen MR) is 65.2 cm³/mol. The Morgan fingerprint density at radius 1 is 1.53 bits per heavy atom. The second kappa shape index (κ2) is 4.00. The van der Waals surface area contributed by atoms with Crippen LogP contribution in [0.3, 0.4) is 0 Å². The molecule has 0 aromatic carbocycles. The van der Waals surface area contributed by atoms with Gasteiger partial charge in [0.15, 0.2) is 5.82 Å². The van der Waals surface area contributed by atoms with Crippen molar-refractivity contribution in [2.75, 3.05) is 18.1 Å². The molecule has 1 fully saturated rings. The zero-order chi connectivity index (χ0) is 11.8. The second-order valence-corrected chi connectivity index (χ2v) is 4.54. The number of aliphatic hydroxyl groups is 1. The maximum Gasteiger partial charge on any atom is 0.155 e. The first-order valence-corrected chi connectivity index (χ1v) is 5.98. The summed E-state index contributed by atoms with van der Waals surface area (Å²) in [4.78, 5) is 6.65. The van der Waals surface area contributed by atoms with Crippen LogP contribution in [-0.4, -0.2) is 38.9 Å². The topological polar surface area (TPSA) is 53.7 Å². The molecule has 5 nitrogen and oxygen atoms in total. The van der Waals surface area contributed by atoms with Crippen molar-refractivity contribution in [2.24, 2.45) is 0 Å². The normalized spacial score (nSPS) is 20.4. The van der Waals surface area contributed by atoms with Crippen LogP contribution in [0.25, 0.3) is 5.52 Å². The smallest absolute Gasteiger partial charge is 0.155 e. The molecular formula is C12H16N4O. The molecule has 0 radical (unpaired) electrons. The van der Waals surface area contributed by atoms with Gasteiger partial charge in [-0.25, -0.2) is 9.50 Å². The Balaban J connectivity index is 2.10. The van der Waals surface area contributed by atoms with Gasteiger partial charge in [-0.3, -0.25) is 0 Å². The van der Waals surface area contributed by atoms with Crippen molar-refractivity contribution < 1.29 is 5.11 Å². The first-order chi connectivity index (χ1) is 8.29. The van der Waals surface area contributed by atoms with Crippen molar-refractivity contribution in [3.8, 4) is 0 Å². The van der Waals surface area contributed by atoms with E-state index in [0.29, 0.717) is 0 Å². The van der Waals surface area contributed by atoms with Gasteiger partial charge in [-0.15, -0.1) is 0 Å². The fraction of sp³-hybridized carbons (Fsp3) is 0.500. The molecule has 5 heteroatoms. The van der Waals surface area contributed by atoms with Gasteiger partial charge in [-0.05, 0) is 25.8 Å². The highest BCUT2D eigenvalue weighted by atomic mass is 16.3. The Labute approximate surface area is 99.7 Å². The van der Waals surface area contributed by atoms with Crippen LogP contribution in [0.4, 0.5) is 5.82 Å². The zero-order valence-electron chi connectivity index (χ0n) is 9.87. The summed E-state index contributed by atoms with van der Waals surface area (Å²) in [6, 6.07) is 2.23. The van der Waals surface area contributed by atoms with E-state index in [1.54, 1.807) is 6.20 Å². The number of fused-ring (bicyclic) bond motifs is 1. The minimum atomic E-state index is 0.190. The molecule has 17 heavy (non-hydrogen) atoms. The molecule has 3 heterocycles. The molecule has 0 saturated carbocycles. The van der Waals surface area contributed by atoms with Crippen molar-refractivity contribution in [1.82, 2.24) is 14.6 Å². The Morgan fingerprint density at radius 3 is 3.24 bits per heavy atom. The molecule has 0 bridgehead atoms. The van der Waals surface area contributed by atoms with Crippen molar-refractivity contribution >= 4 is 11.3 Å². The number of aryl methyl sites for hydroxylation is 1. The summed E-state index contributed by atoms with van der Waals surface area (Å²) in [6.45, 7) is 3.13. The van der Waals surface area contributed by atoms with Crippen molar-refractivity contribution in [1.29, 1.82) is 0 Å². The molecule has 2 aromatic heterocycles. The summed E-state index contributed by atoms with van der Waals surface area (Å²) < 4.78 is 1.85. The summed E-state index contributed by atoms with van der Waals surface area (Å²) in [6.07, 6.45) is 5.77. The minimum absolute atomic E-state index is 0.190. The Morgan fingerprint density at radius 2 is 2.41 bits per heavy atom. The van der Waals surface area contributed by atoms with E-state index >= 15 is 0 Å². The van der Waals surface area contributed by atoms with Crippen LogP contribution < -0.4 is 4.90 Å². The van der Waals surface area contributed by atoms with Gasteiger partial charge in [0, 0.05) is 18.9 Å². The van der Waals surface area contributed by atoms with Crippen LogP contribution in [0.1, 0.15) is 18.5 Å². The monoisotopic (exact) mass is 232 g/mol. The van der Waals surface area contributed by atoms with E-state index in [-0.39, 0.29) is 12.6 Å². The Bertz CT molecular complexity index is 536. The van der Waals surface area contributed by atoms with Gasteiger partial charge in [0.05, 0.1) is 18.3 Å². The molecule has 90 valence electrons. The molecule has 1 atom stereocenters. The van der Waals surface area contributed by atoms with Crippen LogP contribution in [0.2, 0.25) is 0 Å². The average molecular weight is 232 g/mol. The number of hydrogen-bond acceptors (Lipinski definition) is 4. The van der Waals surface area contributed by atoms with Gasteiger partial charge >= 0.3 is 0 Å². The van der Waals surface area contributed by atoms with Crippen molar-refractivity contribution in [2.45, 2.75) is 25.8 Å². The summed E-state index contributed by atoms with van der Waals surface area (Å²) in [5.74, 6) is 0.935. The van der Waals surface area contributed by atoms with Crippen molar-refractivity contribution in [3.05, 3.63) is 24.2 Å². The fourth-order valence-electron chi connectivity index (χ4n) is 2.56. The number of aromatic nitrogens is 3. The van der Waals surface area contributed by atoms with E-state index < -0.39 is 0 Å². The van der Waals surface area contributed by atoms with E-state index in [9.17, 15) is 5.11 Å².